The van der Waals surface area contributed by atoms with E-state index in [0.717, 1.165) is 17.1 Å². The molecule has 0 spiro atoms. The van der Waals surface area contributed by atoms with Crippen LogP contribution in [0.4, 0.5) is 22.4 Å². The number of piperazine rings is 1. The fourth-order valence-electron chi connectivity index (χ4n) is 4.83. The molecule has 0 radical (unpaired) electrons. The molecule has 3 aliphatic heterocycles. The van der Waals surface area contributed by atoms with E-state index < -0.39 is 32.1 Å². The normalized spacial score (nSPS) is 19.4. The summed E-state index contributed by atoms with van der Waals surface area (Å²) in [6.45, 7) is 7.53. The van der Waals surface area contributed by atoms with Crippen molar-refractivity contribution in [3.63, 3.8) is 0 Å². The van der Waals surface area contributed by atoms with E-state index in [-0.39, 0.29) is 12.6 Å². The van der Waals surface area contributed by atoms with Gasteiger partial charge in [-0.3, -0.25) is 14.3 Å². The van der Waals surface area contributed by atoms with Gasteiger partial charge in [-0.25, -0.2) is 14.8 Å². The number of fused-ring (bicyclic) bond motifs is 4. The van der Waals surface area contributed by atoms with Crippen LogP contribution >= 0.6 is 34.8 Å². The summed E-state index contributed by atoms with van der Waals surface area (Å²) in [7, 11) is -1.28. The van der Waals surface area contributed by atoms with Gasteiger partial charge in [0.25, 0.3) is 9.70 Å². The Labute approximate surface area is 260 Å². The molecule has 1 saturated heterocycles. The Kier molecular flexibility index (Phi) is 8.63. The van der Waals surface area contributed by atoms with Crippen molar-refractivity contribution in [2.75, 3.05) is 53.7 Å². The van der Waals surface area contributed by atoms with Gasteiger partial charge < -0.3 is 24.6 Å². The fraction of sp³-hybridized carbons (Fsp3) is 0.500. The summed E-state index contributed by atoms with van der Waals surface area (Å²) in [6.07, 6.45) is 1.23. The minimum absolute atomic E-state index is 0.0306. The number of alkyl halides is 3. The number of halogens is 3. The number of amides is 2. The molecule has 2 amide bonds. The van der Waals surface area contributed by atoms with Gasteiger partial charge in [0.15, 0.2) is 11.6 Å². The zero-order valence-electron chi connectivity index (χ0n) is 23.0. The van der Waals surface area contributed by atoms with Crippen LogP contribution < -0.4 is 25.2 Å². The van der Waals surface area contributed by atoms with E-state index in [1.807, 2.05) is 11.4 Å². The van der Waals surface area contributed by atoms with Gasteiger partial charge in [-0.1, -0.05) is 40.7 Å². The maximum Gasteiger partial charge on any atom is 0.414 e. The molecule has 224 valence electrons. The molecule has 12 nitrogen and oxygen atoms in total. The molecule has 0 bridgehead atoms. The maximum absolute atomic E-state index is 12.9. The highest BCUT2D eigenvalue weighted by Crippen LogP contribution is 2.36. The number of hydrogen-bond donors (Lipinski definition) is 2. The van der Waals surface area contributed by atoms with Gasteiger partial charge >= 0.3 is 6.09 Å². The third kappa shape index (κ3) is 6.62. The number of imide groups is 1. The van der Waals surface area contributed by atoms with Gasteiger partial charge in [-0.05, 0) is 20.8 Å². The number of rotatable bonds is 5. The van der Waals surface area contributed by atoms with Crippen LogP contribution in [0.5, 0.6) is 5.75 Å². The van der Waals surface area contributed by atoms with Crippen LogP contribution in [-0.4, -0.2) is 85.1 Å². The van der Waals surface area contributed by atoms with E-state index in [1.54, 1.807) is 27.0 Å². The molecule has 0 aliphatic carbocycles. The second-order valence-electron chi connectivity index (χ2n) is 10.5. The molecule has 0 saturated carbocycles. The van der Waals surface area contributed by atoms with Crippen molar-refractivity contribution in [2.45, 2.75) is 47.5 Å². The number of anilines is 3. The van der Waals surface area contributed by atoms with E-state index in [0.29, 0.717) is 60.8 Å². The molecule has 2 N–H and O–H groups in total. The lowest BCUT2D eigenvalue weighted by molar-refractivity contribution is -0.119. The van der Waals surface area contributed by atoms with Gasteiger partial charge in [0.2, 0.25) is 5.95 Å². The first-order valence-electron chi connectivity index (χ1n) is 13.0. The predicted molar refractivity (Wildman–Crippen MR) is 160 cm³/mol. The topological polar surface area (TPSA) is 139 Å². The lowest BCUT2D eigenvalue weighted by Crippen LogP contribution is -2.58. The largest absolute Gasteiger partial charge is 0.487 e. The highest BCUT2D eigenvalue weighted by Gasteiger charge is 2.37. The summed E-state index contributed by atoms with van der Waals surface area (Å²) in [5.74, 6) is 7.62. The highest BCUT2D eigenvalue weighted by atomic mass is 35.6. The smallest absolute Gasteiger partial charge is 0.414 e. The summed E-state index contributed by atoms with van der Waals surface area (Å²) >= 11 is 16.4. The van der Waals surface area contributed by atoms with Gasteiger partial charge in [0, 0.05) is 49.6 Å². The Morgan fingerprint density at radius 1 is 1.26 bits per heavy atom. The molecule has 2 aromatic rings. The molecule has 42 heavy (non-hydrogen) atoms. The number of alkyl carbamates (subject to hydrolysis) is 1. The molecule has 5 heterocycles. The number of ether oxygens (including phenoxy) is 2. The number of aryl methyl sites for hydroxylation is 1. The Hall–Kier alpha value is -3.05. The lowest BCUT2D eigenvalue weighted by Gasteiger charge is -2.44. The SMILES string of the molecule is CC#Cc1cnc2c(c1)OC[C@H]1CN(c3nc4c(c(NC(C)(C)COC(=O)NC(=O)C(Cl)(Cl)Cl)n3)[S@](=O)CC4)CCN21. The zero-order valence-corrected chi connectivity index (χ0v) is 26.1. The lowest BCUT2D eigenvalue weighted by atomic mass is 10.1. The van der Waals surface area contributed by atoms with E-state index in [2.05, 4.69) is 31.9 Å². The second kappa shape index (κ2) is 11.9. The standard InChI is InChI=1S/C26H28Cl3N7O5S/c1-4-5-15-10-18-21(30-11-15)36-8-7-35(12-16(36)13-40-18)23-31-17-6-9-42(39)19(17)20(32-23)34-25(2,3)14-41-24(38)33-22(37)26(27,28)29/h10-11,16H,6-9,12-14H2,1-3H3,(H,31,32,34)(H,33,37,38)/t16-,42-/m1/s1. The Bertz CT molecular complexity index is 1510. The van der Waals surface area contributed by atoms with Crippen molar-refractivity contribution in [1.82, 2.24) is 20.3 Å². The van der Waals surface area contributed by atoms with Crippen molar-refractivity contribution in [1.29, 1.82) is 0 Å². The number of carbonyl (C=O) groups is 2. The Morgan fingerprint density at radius 2 is 2.05 bits per heavy atom. The fourth-order valence-corrected chi connectivity index (χ4v) is 6.28. The average Bonchev–Trinajstić information content (AvgIpc) is 3.31. The number of nitrogens with zero attached hydrogens (tertiary/aromatic N) is 5. The number of pyridine rings is 1. The van der Waals surface area contributed by atoms with Gasteiger partial charge in [0.05, 0.1) is 28.1 Å². The quantitative estimate of drug-likeness (QED) is 0.363. The minimum Gasteiger partial charge on any atom is -0.487 e. The van der Waals surface area contributed by atoms with E-state index in [1.165, 1.54) is 0 Å². The molecular weight excluding hydrogens is 629 g/mol. The van der Waals surface area contributed by atoms with Gasteiger partial charge in [0.1, 0.15) is 23.9 Å². The minimum atomic E-state index is -2.31. The Morgan fingerprint density at radius 3 is 2.79 bits per heavy atom. The zero-order chi connectivity index (χ0) is 30.2. The first-order valence-corrected chi connectivity index (χ1v) is 15.5. The number of hydrogen-bond acceptors (Lipinski definition) is 11. The number of carbonyl (C=O) groups excluding carboxylic acids is 2. The van der Waals surface area contributed by atoms with Crippen LogP contribution in [0.1, 0.15) is 32.0 Å². The second-order valence-corrected chi connectivity index (χ2v) is 14.3. The van der Waals surface area contributed by atoms with Crippen LogP contribution in [0.3, 0.4) is 0 Å². The first kappa shape index (κ1) is 30.4. The molecule has 3 aliphatic rings. The van der Waals surface area contributed by atoms with E-state index in [9.17, 15) is 13.8 Å². The van der Waals surface area contributed by atoms with Gasteiger partial charge in [-0.15, -0.1) is 5.92 Å². The third-order valence-electron chi connectivity index (χ3n) is 6.74. The number of nitrogens with one attached hydrogen (secondary N) is 2. The molecule has 2 atom stereocenters. The first-order chi connectivity index (χ1) is 19.8. The van der Waals surface area contributed by atoms with Crippen LogP contribution in [-0.2, 0) is 26.8 Å². The van der Waals surface area contributed by atoms with Gasteiger partial charge in [-0.2, -0.15) is 4.98 Å². The molecule has 16 heteroatoms. The molecule has 0 unspecified atom stereocenters. The monoisotopic (exact) mass is 655 g/mol. The summed E-state index contributed by atoms with van der Waals surface area (Å²) in [6, 6.07) is 1.94. The van der Waals surface area contributed by atoms with Crippen molar-refractivity contribution < 1.29 is 23.3 Å². The highest BCUT2D eigenvalue weighted by molar-refractivity contribution is 7.85. The molecule has 1 fully saturated rings. The van der Waals surface area contributed by atoms with Crippen molar-refractivity contribution in [3.8, 4) is 17.6 Å². The summed E-state index contributed by atoms with van der Waals surface area (Å²) in [4.78, 5) is 42.8. The van der Waals surface area contributed by atoms with Crippen molar-refractivity contribution in [3.05, 3.63) is 23.5 Å². The molecule has 2 aromatic heterocycles. The van der Waals surface area contributed by atoms with Crippen LogP contribution in [0, 0.1) is 11.8 Å². The van der Waals surface area contributed by atoms with E-state index >= 15 is 0 Å². The maximum atomic E-state index is 12.9. The molecule has 5 rings (SSSR count). The summed E-state index contributed by atoms with van der Waals surface area (Å²) < 4.78 is 21.8. The van der Waals surface area contributed by atoms with Crippen LogP contribution in [0.25, 0.3) is 0 Å². The molecular formula is C26H28Cl3N7O5S. The Balaban J connectivity index is 1.31. The molecule has 0 aromatic carbocycles. The van der Waals surface area contributed by atoms with E-state index in [4.69, 9.17) is 54.2 Å². The summed E-state index contributed by atoms with van der Waals surface area (Å²) in [5, 5.41) is 5.12. The van der Waals surface area contributed by atoms with Crippen molar-refractivity contribution >= 4 is 75.2 Å². The average molecular weight is 657 g/mol. The van der Waals surface area contributed by atoms with Crippen LogP contribution in [0.15, 0.2) is 17.2 Å². The van der Waals surface area contributed by atoms with Crippen molar-refractivity contribution in [2.24, 2.45) is 0 Å². The number of aromatic nitrogens is 3. The predicted octanol–water partition coefficient (Wildman–Crippen LogP) is 2.81. The summed E-state index contributed by atoms with van der Waals surface area (Å²) in [5.41, 5.74) is 0.642. The third-order valence-corrected chi connectivity index (χ3v) is 8.72. The van der Waals surface area contributed by atoms with Crippen LogP contribution in [0.2, 0.25) is 0 Å².